The van der Waals surface area contributed by atoms with E-state index in [0.29, 0.717) is 10.6 Å². The number of allylic oxidation sites excluding steroid dienone is 1. The van der Waals surface area contributed by atoms with Gasteiger partial charge in [0.25, 0.3) is 0 Å². The maximum Gasteiger partial charge on any atom is 0.200 e. The largest absolute Gasteiger partial charge is 0.458 e. The number of fused-ring (bicyclic) bond motifs is 1. The lowest BCUT2D eigenvalue weighted by Gasteiger charge is -2.36. The Labute approximate surface area is 151 Å². The van der Waals surface area contributed by atoms with Gasteiger partial charge < -0.3 is 10.5 Å². The van der Waals surface area contributed by atoms with Crippen molar-refractivity contribution in [2.75, 3.05) is 0 Å². The van der Waals surface area contributed by atoms with Gasteiger partial charge in [0.05, 0.1) is 11.6 Å². The van der Waals surface area contributed by atoms with Gasteiger partial charge in [0.15, 0.2) is 6.23 Å². The molecule has 0 amide bonds. The number of rotatable bonds is 2. The summed E-state index contributed by atoms with van der Waals surface area (Å²) in [6, 6.07) is 19.9. The van der Waals surface area contributed by atoms with Crippen LogP contribution in [0.5, 0.6) is 0 Å². The molecule has 126 valence electrons. The molecular weight excluding hydrogens is 336 g/mol. The monoisotopic (exact) mass is 352 g/mol. The minimum Gasteiger partial charge on any atom is -0.458 e. The van der Waals surface area contributed by atoms with Crippen LogP contribution in [0.2, 0.25) is 5.02 Å². The molecule has 4 N–H and O–H groups in total. The summed E-state index contributed by atoms with van der Waals surface area (Å²) in [6.07, 6.45) is -0.317. The highest BCUT2D eigenvalue weighted by Gasteiger charge is 2.49. The third kappa shape index (κ3) is 2.75. The number of hydrazine groups is 1. The van der Waals surface area contributed by atoms with E-state index in [1.165, 1.54) is 0 Å². The van der Waals surface area contributed by atoms with Crippen LogP contribution in [0.3, 0.4) is 0 Å². The normalized spacial score (nSPS) is 28.2. The van der Waals surface area contributed by atoms with Gasteiger partial charge in [-0.3, -0.25) is 0 Å². The van der Waals surface area contributed by atoms with Crippen molar-refractivity contribution in [1.29, 1.82) is 5.26 Å². The SMILES string of the molecule is N#CC1=C(N)OC2NNC(c3ccccc3)C2C1c1ccc(Cl)cc1. The minimum atomic E-state index is -0.317. The van der Waals surface area contributed by atoms with Crippen molar-refractivity contribution in [3.05, 3.63) is 82.2 Å². The van der Waals surface area contributed by atoms with E-state index in [1.54, 1.807) is 0 Å². The number of nitrogens with one attached hydrogen (secondary N) is 2. The lowest BCUT2D eigenvalue weighted by atomic mass is 9.74. The van der Waals surface area contributed by atoms with Gasteiger partial charge in [0.2, 0.25) is 5.88 Å². The first-order chi connectivity index (χ1) is 12.2. The van der Waals surface area contributed by atoms with Crippen molar-refractivity contribution in [3.63, 3.8) is 0 Å². The zero-order valence-corrected chi connectivity index (χ0v) is 14.1. The molecule has 1 fully saturated rings. The molecule has 0 spiro atoms. The second-order valence-corrected chi connectivity index (χ2v) is 6.65. The van der Waals surface area contributed by atoms with Crippen molar-refractivity contribution >= 4 is 11.6 Å². The van der Waals surface area contributed by atoms with Gasteiger partial charge in [-0.2, -0.15) is 5.26 Å². The van der Waals surface area contributed by atoms with Gasteiger partial charge in [0.1, 0.15) is 6.07 Å². The lowest BCUT2D eigenvalue weighted by Crippen LogP contribution is -2.40. The highest BCUT2D eigenvalue weighted by Crippen LogP contribution is 2.47. The summed E-state index contributed by atoms with van der Waals surface area (Å²) in [6.45, 7) is 0. The number of halogens is 1. The maximum atomic E-state index is 9.69. The number of hydrogen-bond acceptors (Lipinski definition) is 5. The molecule has 2 heterocycles. The summed E-state index contributed by atoms with van der Waals surface area (Å²) in [7, 11) is 0. The molecule has 4 unspecified atom stereocenters. The quantitative estimate of drug-likeness (QED) is 0.774. The van der Waals surface area contributed by atoms with Crippen LogP contribution in [0, 0.1) is 17.2 Å². The highest BCUT2D eigenvalue weighted by molar-refractivity contribution is 6.30. The smallest absolute Gasteiger partial charge is 0.200 e. The number of benzene rings is 2. The average Bonchev–Trinajstić information content (AvgIpc) is 3.05. The molecule has 25 heavy (non-hydrogen) atoms. The fraction of sp³-hybridized carbons (Fsp3) is 0.211. The summed E-state index contributed by atoms with van der Waals surface area (Å²) in [4.78, 5) is 0. The second kappa shape index (κ2) is 6.41. The number of nitriles is 1. The summed E-state index contributed by atoms with van der Waals surface area (Å²) < 4.78 is 5.78. The molecule has 0 saturated carbocycles. The highest BCUT2D eigenvalue weighted by atomic mass is 35.5. The van der Waals surface area contributed by atoms with Gasteiger partial charge in [-0.1, -0.05) is 54.1 Å². The van der Waals surface area contributed by atoms with Crippen LogP contribution in [0.4, 0.5) is 0 Å². The molecule has 0 bridgehead atoms. The topological polar surface area (TPSA) is 83.1 Å². The third-order valence-electron chi connectivity index (χ3n) is 4.84. The van der Waals surface area contributed by atoms with Crippen LogP contribution >= 0.6 is 11.6 Å². The Kier molecular flexibility index (Phi) is 4.10. The molecule has 2 aliphatic rings. The zero-order chi connectivity index (χ0) is 17.4. The van der Waals surface area contributed by atoms with Gasteiger partial charge >= 0.3 is 0 Å². The van der Waals surface area contributed by atoms with Crippen molar-refractivity contribution < 1.29 is 4.74 Å². The Hall–Kier alpha value is -2.52. The Morgan fingerprint density at radius 2 is 1.72 bits per heavy atom. The molecule has 4 rings (SSSR count). The lowest BCUT2D eigenvalue weighted by molar-refractivity contribution is 0.0341. The van der Waals surface area contributed by atoms with E-state index < -0.39 is 0 Å². The van der Waals surface area contributed by atoms with Crippen LogP contribution in [0.1, 0.15) is 23.1 Å². The minimum absolute atomic E-state index is 0.0108. The molecule has 0 radical (unpaired) electrons. The fourth-order valence-corrected chi connectivity index (χ4v) is 3.84. The van der Waals surface area contributed by atoms with E-state index >= 15 is 0 Å². The van der Waals surface area contributed by atoms with E-state index in [-0.39, 0.29) is 30.0 Å². The van der Waals surface area contributed by atoms with Crippen molar-refractivity contribution in [1.82, 2.24) is 10.9 Å². The predicted octanol–water partition coefficient (Wildman–Crippen LogP) is 2.94. The van der Waals surface area contributed by atoms with E-state index in [1.807, 2.05) is 42.5 Å². The van der Waals surface area contributed by atoms with Gasteiger partial charge in [-0.05, 0) is 23.3 Å². The fourth-order valence-electron chi connectivity index (χ4n) is 3.71. The van der Waals surface area contributed by atoms with Crippen molar-refractivity contribution in [3.8, 4) is 6.07 Å². The molecular formula is C19H17ClN4O. The second-order valence-electron chi connectivity index (χ2n) is 6.21. The predicted molar refractivity (Wildman–Crippen MR) is 94.8 cm³/mol. The molecule has 4 atom stereocenters. The molecule has 2 aliphatic heterocycles. The van der Waals surface area contributed by atoms with Gasteiger partial charge in [0, 0.05) is 16.9 Å². The zero-order valence-electron chi connectivity index (χ0n) is 13.3. The first kappa shape index (κ1) is 16.0. The number of ether oxygens (including phenoxy) is 1. The summed E-state index contributed by atoms with van der Waals surface area (Å²) in [5.74, 6) is -0.0361. The summed E-state index contributed by atoms with van der Waals surface area (Å²) in [5, 5.41) is 10.3. The van der Waals surface area contributed by atoms with E-state index in [4.69, 9.17) is 22.1 Å². The Morgan fingerprint density at radius 3 is 2.40 bits per heavy atom. The molecule has 2 aromatic rings. The van der Waals surface area contributed by atoms with Gasteiger partial charge in [-0.25, -0.2) is 10.9 Å². The third-order valence-corrected chi connectivity index (χ3v) is 5.09. The molecule has 2 aromatic carbocycles. The molecule has 1 saturated heterocycles. The summed E-state index contributed by atoms with van der Waals surface area (Å²) >= 11 is 6.03. The molecule has 6 heteroatoms. The Bertz CT molecular complexity index is 844. The first-order valence-electron chi connectivity index (χ1n) is 8.07. The van der Waals surface area contributed by atoms with Crippen LogP contribution in [0.25, 0.3) is 0 Å². The number of hydrogen-bond donors (Lipinski definition) is 3. The van der Waals surface area contributed by atoms with Crippen LogP contribution < -0.4 is 16.6 Å². The number of nitrogens with zero attached hydrogens (tertiary/aromatic N) is 1. The maximum absolute atomic E-state index is 9.69. The van der Waals surface area contributed by atoms with Gasteiger partial charge in [-0.15, -0.1) is 0 Å². The number of nitrogens with two attached hydrogens (primary N) is 1. The van der Waals surface area contributed by atoms with E-state index in [0.717, 1.165) is 11.1 Å². The van der Waals surface area contributed by atoms with Crippen LogP contribution in [-0.2, 0) is 4.74 Å². The van der Waals surface area contributed by atoms with Crippen LogP contribution in [0.15, 0.2) is 66.1 Å². The Morgan fingerprint density at radius 1 is 1.00 bits per heavy atom. The molecule has 0 aliphatic carbocycles. The van der Waals surface area contributed by atoms with Crippen molar-refractivity contribution in [2.24, 2.45) is 11.7 Å². The van der Waals surface area contributed by atoms with E-state index in [9.17, 15) is 5.26 Å². The standard InChI is InChI=1S/C19H17ClN4O/c20-13-8-6-11(7-9-13)15-14(10-21)18(22)25-19-16(15)17(23-24-19)12-4-2-1-3-5-12/h1-9,15-17,19,23-24H,22H2. The van der Waals surface area contributed by atoms with Crippen LogP contribution in [-0.4, -0.2) is 6.23 Å². The van der Waals surface area contributed by atoms with Crippen molar-refractivity contribution in [2.45, 2.75) is 18.2 Å². The first-order valence-corrected chi connectivity index (χ1v) is 8.44. The Balaban J connectivity index is 1.82. The average molecular weight is 353 g/mol. The summed E-state index contributed by atoms with van der Waals surface area (Å²) in [5.41, 5.74) is 15.1. The van der Waals surface area contributed by atoms with E-state index in [2.05, 4.69) is 29.1 Å². The molecule has 0 aromatic heterocycles. The molecule has 5 nitrogen and oxygen atoms in total.